The molecule has 1 amide bonds. The second-order valence-electron chi connectivity index (χ2n) is 5.79. The van der Waals surface area contributed by atoms with E-state index in [1.54, 1.807) is 5.38 Å². The van der Waals surface area contributed by atoms with Gasteiger partial charge in [0.25, 0.3) is 0 Å². The molecule has 0 unspecified atom stereocenters. The maximum absolute atomic E-state index is 13.3. The molecule has 132 valence electrons. The number of hydrogen-bond acceptors (Lipinski definition) is 6. The van der Waals surface area contributed by atoms with Gasteiger partial charge in [0.2, 0.25) is 5.91 Å². The summed E-state index contributed by atoms with van der Waals surface area (Å²) in [5.74, 6) is -0.122. The Bertz CT molecular complexity index is 802. The summed E-state index contributed by atoms with van der Waals surface area (Å²) in [6, 6.07) is 4.07. The van der Waals surface area contributed by atoms with Crippen LogP contribution >= 0.6 is 11.3 Å². The van der Waals surface area contributed by atoms with E-state index in [2.05, 4.69) is 10.3 Å². The molecule has 0 radical (unpaired) electrons. The molecule has 1 heterocycles. The van der Waals surface area contributed by atoms with Crippen molar-refractivity contribution in [3.05, 3.63) is 35.1 Å². The number of benzene rings is 1. The van der Waals surface area contributed by atoms with Crippen molar-refractivity contribution in [1.29, 1.82) is 0 Å². The monoisotopic (exact) mass is 364 g/mol. The Balaban J connectivity index is 1.52. The van der Waals surface area contributed by atoms with Crippen LogP contribution in [0.5, 0.6) is 11.5 Å². The molecule has 1 aromatic carbocycles. The number of nitrogens with one attached hydrogen (secondary N) is 1. The lowest BCUT2D eigenvalue weighted by Crippen LogP contribution is -2.40. The number of amides is 1. The van der Waals surface area contributed by atoms with E-state index < -0.39 is 5.82 Å². The molecule has 25 heavy (non-hydrogen) atoms. The molecule has 1 N–H and O–H groups in total. The Morgan fingerprint density at radius 1 is 1.32 bits per heavy atom. The Morgan fingerprint density at radius 3 is 2.72 bits per heavy atom. The highest BCUT2D eigenvalue weighted by atomic mass is 32.1. The van der Waals surface area contributed by atoms with Crippen molar-refractivity contribution in [3.63, 3.8) is 0 Å². The fourth-order valence-corrected chi connectivity index (χ4v) is 3.25. The summed E-state index contributed by atoms with van der Waals surface area (Å²) in [4.78, 5) is 27.5. The smallest absolute Gasteiger partial charge is 0.229 e. The van der Waals surface area contributed by atoms with Gasteiger partial charge in [-0.1, -0.05) is 0 Å². The lowest BCUT2D eigenvalue weighted by atomic mass is 9.81. The van der Waals surface area contributed by atoms with Crippen LogP contribution < -0.4 is 14.8 Å². The van der Waals surface area contributed by atoms with Crippen LogP contribution in [-0.2, 0) is 4.79 Å². The number of ether oxygens (including phenoxy) is 2. The Morgan fingerprint density at radius 2 is 2.08 bits per heavy atom. The number of ketones is 1. The lowest BCUT2D eigenvalue weighted by Gasteiger charge is -2.34. The van der Waals surface area contributed by atoms with Gasteiger partial charge in [-0.15, -0.1) is 11.3 Å². The number of anilines is 1. The fraction of sp³-hybridized carbons (Fsp3) is 0.353. The zero-order chi connectivity index (χ0) is 18.0. The van der Waals surface area contributed by atoms with Gasteiger partial charge in [0, 0.05) is 24.3 Å². The van der Waals surface area contributed by atoms with Gasteiger partial charge in [0.1, 0.15) is 17.6 Å². The van der Waals surface area contributed by atoms with Gasteiger partial charge in [-0.2, -0.15) is 0 Å². The molecular weight excluding hydrogens is 347 g/mol. The van der Waals surface area contributed by atoms with E-state index in [0.29, 0.717) is 35.2 Å². The van der Waals surface area contributed by atoms with E-state index in [1.165, 1.54) is 43.6 Å². The summed E-state index contributed by atoms with van der Waals surface area (Å²) < 4.78 is 24.2. The molecule has 1 fully saturated rings. The fourth-order valence-electron chi connectivity index (χ4n) is 2.50. The third kappa shape index (κ3) is 3.96. The number of halogens is 1. The normalized spacial score (nSPS) is 19.0. The van der Waals surface area contributed by atoms with E-state index in [9.17, 15) is 14.0 Å². The summed E-state index contributed by atoms with van der Waals surface area (Å²) in [6.07, 6.45) is 0.878. The van der Waals surface area contributed by atoms with Gasteiger partial charge in [-0.3, -0.25) is 9.59 Å². The van der Waals surface area contributed by atoms with Crippen LogP contribution in [0.4, 0.5) is 9.52 Å². The Hall–Kier alpha value is -2.48. The van der Waals surface area contributed by atoms with Gasteiger partial charge in [0.05, 0.1) is 7.11 Å². The van der Waals surface area contributed by atoms with Crippen LogP contribution in [0.1, 0.15) is 30.3 Å². The molecule has 0 saturated heterocycles. The Kier molecular flexibility index (Phi) is 4.98. The quantitative estimate of drug-likeness (QED) is 0.796. The number of Topliss-reactive ketones (excluding diaryl/α,β-unsaturated/α-hetero) is 1. The minimum Gasteiger partial charge on any atom is -0.493 e. The molecule has 0 aliphatic heterocycles. The third-order valence-corrected chi connectivity index (χ3v) is 4.74. The number of hydrogen-bond donors (Lipinski definition) is 1. The molecule has 1 aromatic heterocycles. The highest BCUT2D eigenvalue weighted by Gasteiger charge is 2.37. The maximum atomic E-state index is 13.3. The van der Waals surface area contributed by atoms with E-state index >= 15 is 0 Å². The number of thiazole rings is 1. The number of carbonyl (C=O) groups excluding carboxylic acids is 2. The van der Waals surface area contributed by atoms with E-state index in [0.717, 1.165) is 0 Å². The summed E-state index contributed by atoms with van der Waals surface area (Å²) in [6.45, 7) is 1.43. The average Bonchev–Trinajstić information content (AvgIpc) is 2.99. The first kappa shape index (κ1) is 17.3. The predicted molar refractivity (Wildman–Crippen MR) is 90.8 cm³/mol. The number of methoxy groups -OCH3 is 1. The summed E-state index contributed by atoms with van der Waals surface area (Å²) in [5.41, 5.74) is 0.341. The predicted octanol–water partition coefficient (Wildman–Crippen LogP) is 3.29. The van der Waals surface area contributed by atoms with Crippen molar-refractivity contribution in [2.24, 2.45) is 5.92 Å². The molecular formula is C17H17FN2O4S. The standard InChI is InChI=1S/C17H17FN2O4S/c1-9(21)13-8-25-17(19-13)20-16(22)10-5-12(6-10)24-15-7-11(18)3-4-14(15)23-2/h3-4,7-8,10,12H,5-6H2,1-2H3,(H,19,20,22). The molecule has 1 aliphatic carbocycles. The first-order valence-electron chi connectivity index (χ1n) is 7.73. The molecule has 6 nitrogen and oxygen atoms in total. The van der Waals surface area contributed by atoms with Crippen LogP contribution in [-0.4, -0.2) is 29.9 Å². The molecule has 0 atom stereocenters. The zero-order valence-electron chi connectivity index (χ0n) is 13.7. The number of nitrogens with zero attached hydrogens (tertiary/aromatic N) is 1. The number of aromatic nitrogens is 1. The van der Waals surface area contributed by atoms with Gasteiger partial charge in [-0.05, 0) is 25.0 Å². The van der Waals surface area contributed by atoms with E-state index in [1.807, 2.05) is 0 Å². The lowest BCUT2D eigenvalue weighted by molar-refractivity contribution is -0.125. The minimum atomic E-state index is -0.408. The third-order valence-electron chi connectivity index (χ3n) is 3.98. The summed E-state index contributed by atoms with van der Waals surface area (Å²) in [5, 5.41) is 4.73. The van der Waals surface area contributed by atoms with Gasteiger partial charge in [-0.25, -0.2) is 9.37 Å². The minimum absolute atomic E-state index is 0.141. The molecule has 2 aromatic rings. The van der Waals surface area contributed by atoms with Crippen LogP contribution in [0, 0.1) is 11.7 Å². The van der Waals surface area contributed by atoms with Crippen LogP contribution in [0.15, 0.2) is 23.6 Å². The molecule has 1 saturated carbocycles. The first-order chi connectivity index (χ1) is 12.0. The second kappa shape index (κ2) is 7.18. The zero-order valence-corrected chi connectivity index (χ0v) is 14.6. The highest BCUT2D eigenvalue weighted by Crippen LogP contribution is 2.36. The average molecular weight is 364 g/mol. The van der Waals surface area contributed by atoms with Crippen molar-refractivity contribution >= 4 is 28.2 Å². The van der Waals surface area contributed by atoms with Crippen LogP contribution in [0.2, 0.25) is 0 Å². The van der Waals surface area contributed by atoms with Gasteiger partial charge < -0.3 is 14.8 Å². The van der Waals surface area contributed by atoms with Crippen molar-refractivity contribution in [3.8, 4) is 11.5 Å². The number of carbonyl (C=O) groups is 2. The van der Waals surface area contributed by atoms with E-state index in [-0.39, 0.29) is 23.7 Å². The molecule has 0 bridgehead atoms. The molecule has 8 heteroatoms. The maximum Gasteiger partial charge on any atom is 0.229 e. The topological polar surface area (TPSA) is 77.5 Å². The van der Waals surface area contributed by atoms with Crippen LogP contribution in [0.3, 0.4) is 0 Å². The SMILES string of the molecule is COc1ccc(F)cc1OC1CC(C(=O)Nc2nc(C(C)=O)cs2)C1. The molecule has 0 spiro atoms. The van der Waals surface area contributed by atoms with Crippen LogP contribution in [0.25, 0.3) is 0 Å². The van der Waals surface area contributed by atoms with Crippen molar-refractivity contribution < 1.29 is 23.5 Å². The van der Waals surface area contributed by atoms with Crippen molar-refractivity contribution in [2.75, 3.05) is 12.4 Å². The number of rotatable bonds is 6. The van der Waals surface area contributed by atoms with Gasteiger partial charge >= 0.3 is 0 Å². The summed E-state index contributed by atoms with van der Waals surface area (Å²) in [7, 11) is 1.49. The second-order valence-corrected chi connectivity index (χ2v) is 6.64. The molecule has 3 rings (SSSR count). The highest BCUT2D eigenvalue weighted by molar-refractivity contribution is 7.14. The largest absolute Gasteiger partial charge is 0.493 e. The molecule has 1 aliphatic rings. The summed E-state index contributed by atoms with van der Waals surface area (Å²) >= 11 is 1.21. The first-order valence-corrected chi connectivity index (χ1v) is 8.61. The van der Waals surface area contributed by atoms with Crippen molar-refractivity contribution in [2.45, 2.75) is 25.9 Å². The van der Waals surface area contributed by atoms with Crippen molar-refractivity contribution in [1.82, 2.24) is 4.98 Å². The van der Waals surface area contributed by atoms with E-state index in [4.69, 9.17) is 9.47 Å². The Labute approximate surface area is 148 Å². The van der Waals surface area contributed by atoms with Gasteiger partial charge in [0.15, 0.2) is 22.4 Å².